The molecule has 1 atom stereocenters. The summed E-state index contributed by atoms with van der Waals surface area (Å²) in [5, 5.41) is 2.45. The number of aliphatic imine (C=N–C) groups is 1. The van der Waals surface area contributed by atoms with Crippen molar-refractivity contribution >= 4 is 33.9 Å². The number of anilines is 1. The van der Waals surface area contributed by atoms with Gasteiger partial charge in [0, 0.05) is 18.3 Å². The molecule has 184 valence electrons. The largest absolute Gasteiger partial charge is 0.370 e. The van der Waals surface area contributed by atoms with E-state index >= 15 is 0 Å². The summed E-state index contributed by atoms with van der Waals surface area (Å²) >= 11 is 0. The number of guanidine groups is 1. The lowest BCUT2D eigenvalue weighted by Crippen LogP contribution is -2.40. The summed E-state index contributed by atoms with van der Waals surface area (Å²) in [5.41, 5.74) is 8.75. The molecule has 0 fully saturated rings. The number of hydrogen-bond acceptors (Lipinski definition) is 6. The van der Waals surface area contributed by atoms with E-state index in [4.69, 9.17) is 11.5 Å². The molecule has 0 radical (unpaired) electrons. The number of carbonyl (C=O) groups excluding carboxylic acids is 2. The molecule has 1 aromatic heterocycles. The smallest absolute Gasteiger partial charge is 0.275 e. The highest BCUT2D eigenvalue weighted by Crippen LogP contribution is 2.14. The topological polar surface area (TPSA) is 179 Å². The van der Waals surface area contributed by atoms with Crippen molar-refractivity contribution in [3.8, 4) is 0 Å². The third kappa shape index (κ3) is 8.27. The third-order valence-electron chi connectivity index (χ3n) is 4.43. The van der Waals surface area contributed by atoms with Crippen molar-refractivity contribution in [3.63, 3.8) is 0 Å². The zero-order valence-electron chi connectivity index (χ0n) is 17.9. The van der Waals surface area contributed by atoms with Crippen LogP contribution in [0.4, 0.5) is 14.5 Å². The number of rotatable bonds is 12. The van der Waals surface area contributed by atoms with Crippen LogP contribution in [0.1, 0.15) is 18.4 Å². The number of carbonyl (C=O) groups is 2. The summed E-state index contributed by atoms with van der Waals surface area (Å²) < 4.78 is 54.8. The van der Waals surface area contributed by atoms with Crippen molar-refractivity contribution in [2.75, 3.05) is 11.3 Å². The first kappa shape index (κ1) is 26.4. The molecule has 14 heteroatoms. The minimum absolute atomic E-state index is 0.0948. The van der Waals surface area contributed by atoms with Gasteiger partial charge in [-0.3, -0.25) is 19.3 Å². The molecule has 6 N–H and O–H groups in total. The zero-order valence-corrected chi connectivity index (χ0v) is 18.7. The molecule has 0 aliphatic heterocycles. The number of amides is 1. The summed E-state index contributed by atoms with van der Waals surface area (Å²) in [7, 11) is -4.28. The van der Waals surface area contributed by atoms with Crippen LogP contribution in [0.15, 0.2) is 46.3 Å². The normalized spacial score (nSPS) is 11.9. The van der Waals surface area contributed by atoms with Gasteiger partial charge in [0.25, 0.3) is 5.56 Å². The van der Waals surface area contributed by atoms with E-state index in [9.17, 15) is 31.6 Å². The Labute approximate surface area is 193 Å². The van der Waals surface area contributed by atoms with Gasteiger partial charge in [-0.15, -0.1) is 0 Å². The molecule has 2 rings (SSSR count). The molecule has 0 unspecified atom stereocenters. The number of benzene rings is 1. The van der Waals surface area contributed by atoms with Gasteiger partial charge in [0.1, 0.15) is 30.2 Å². The van der Waals surface area contributed by atoms with E-state index in [1.54, 1.807) is 0 Å². The lowest BCUT2D eigenvalue weighted by molar-refractivity contribution is -0.124. The van der Waals surface area contributed by atoms with Crippen molar-refractivity contribution in [1.29, 1.82) is 0 Å². The van der Waals surface area contributed by atoms with Gasteiger partial charge in [0.05, 0.1) is 11.8 Å². The monoisotopic (exact) mass is 498 g/mol. The summed E-state index contributed by atoms with van der Waals surface area (Å²) in [4.78, 5) is 39.8. The molecule has 1 aromatic carbocycles. The molecule has 2 aromatic rings. The Morgan fingerprint density at radius 2 is 1.97 bits per heavy atom. The molecule has 0 aliphatic carbocycles. The van der Waals surface area contributed by atoms with E-state index in [0.717, 1.165) is 28.8 Å². The highest BCUT2D eigenvalue weighted by Gasteiger charge is 2.18. The highest BCUT2D eigenvalue weighted by atomic mass is 32.2. The van der Waals surface area contributed by atoms with Crippen LogP contribution in [0.25, 0.3) is 0 Å². The van der Waals surface area contributed by atoms with E-state index in [2.05, 4.69) is 10.3 Å². The lowest BCUT2D eigenvalue weighted by atomic mass is 10.2. The number of nitrogens with one attached hydrogen (secondary N) is 2. The van der Waals surface area contributed by atoms with Gasteiger partial charge in [-0.1, -0.05) is 0 Å². The first-order chi connectivity index (χ1) is 16.0. The summed E-state index contributed by atoms with van der Waals surface area (Å²) in [6, 6.07) is 4.03. The molecule has 0 bridgehead atoms. The Bertz CT molecular complexity index is 1230. The van der Waals surface area contributed by atoms with Crippen molar-refractivity contribution in [2.24, 2.45) is 16.5 Å². The standard InChI is InChI=1S/C20H24F2N6O5S/c21-14-5-6-16(22)13(9-14)12-34(32,33)27-17-4-2-8-28(19(17)31)10-18(30)26-15(11-29)3-1-7-25-20(23)24/h2,4-6,8-9,11,15,27H,1,3,7,10,12H2,(H,26,30)(H4,23,24,25)/t15-/m0/s1. The van der Waals surface area contributed by atoms with Crippen LogP contribution in [0.5, 0.6) is 0 Å². The number of aromatic nitrogens is 1. The Hall–Kier alpha value is -3.81. The first-order valence-electron chi connectivity index (χ1n) is 9.94. The van der Waals surface area contributed by atoms with Crippen LogP contribution in [0.2, 0.25) is 0 Å². The van der Waals surface area contributed by atoms with E-state index < -0.39 is 62.7 Å². The van der Waals surface area contributed by atoms with Gasteiger partial charge in [-0.2, -0.15) is 0 Å². The van der Waals surface area contributed by atoms with Crippen LogP contribution >= 0.6 is 0 Å². The van der Waals surface area contributed by atoms with Crippen LogP contribution in [-0.2, 0) is 31.9 Å². The van der Waals surface area contributed by atoms with Gasteiger partial charge in [0.2, 0.25) is 15.9 Å². The summed E-state index contributed by atoms with van der Waals surface area (Å²) in [6.45, 7) is -0.227. The minimum Gasteiger partial charge on any atom is -0.370 e. The highest BCUT2D eigenvalue weighted by molar-refractivity contribution is 7.91. The Kier molecular flexibility index (Phi) is 9.24. The second kappa shape index (κ2) is 11.9. The number of halogens is 2. The molecular formula is C20H24F2N6O5S. The fourth-order valence-corrected chi connectivity index (χ4v) is 4.10. The molecule has 11 nitrogen and oxygen atoms in total. The van der Waals surface area contributed by atoms with Gasteiger partial charge in [0.15, 0.2) is 5.96 Å². The number of aldehydes is 1. The lowest BCUT2D eigenvalue weighted by Gasteiger charge is -2.14. The number of pyridine rings is 1. The van der Waals surface area contributed by atoms with Gasteiger partial charge in [-0.05, 0) is 43.2 Å². The average Bonchev–Trinajstić information content (AvgIpc) is 2.75. The Morgan fingerprint density at radius 3 is 2.65 bits per heavy atom. The second-order valence-electron chi connectivity index (χ2n) is 7.21. The number of nitrogens with two attached hydrogens (primary N) is 2. The van der Waals surface area contributed by atoms with Crippen molar-refractivity contribution < 1.29 is 26.8 Å². The van der Waals surface area contributed by atoms with Gasteiger partial charge in [-0.25, -0.2) is 17.2 Å². The second-order valence-corrected chi connectivity index (χ2v) is 8.93. The van der Waals surface area contributed by atoms with Gasteiger partial charge < -0.3 is 26.1 Å². The fourth-order valence-electron chi connectivity index (χ4n) is 2.90. The van der Waals surface area contributed by atoms with Crippen molar-refractivity contribution in [1.82, 2.24) is 9.88 Å². The van der Waals surface area contributed by atoms with Crippen molar-refractivity contribution in [3.05, 3.63) is 64.1 Å². The average molecular weight is 499 g/mol. The number of hydrogen-bond donors (Lipinski definition) is 4. The Morgan fingerprint density at radius 1 is 1.24 bits per heavy atom. The van der Waals surface area contributed by atoms with Gasteiger partial charge >= 0.3 is 0 Å². The van der Waals surface area contributed by atoms with E-state index in [1.807, 2.05) is 4.72 Å². The quantitative estimate of drug-likeness (QED) is 0.135. The maximum Gasteiger partial charge on any atom is 0.275 e. The molecule has 0 aliphatic rings. The predicted molar refractivity (Wildman–Crippen MR) is 121 cm³/mol. The molecule has 0 saturated carbocycles. The van der Waals surface area contributed by atoms with E-state index in [1.165, 1.54) is 12.3 Å². The van der Waals surface area contributed by atoms with Crippen LogP contribution in [0, 0.1) is 11.6 Å². The fraction of sp³-hybridized carbons (Fsp3) is 0.300. The molecule has 0 saturated heterocycles. The van der Waals surface area contributed by atoms with E-state index in [-0.39, 0.29) is 18.9 Å². The molecule has 1 amide bonds. The third-order valence-corrected chi connectivity index (χ3v) is 5.65. The summed E-state index contributed by atoms with van der Waals surface area (Å²) in [6.07, 6.45) is 2.47. The minimum atomic E-state index is -4.28. The van der Waals surface area contributed by atoms with Crippen molar-refractivity contribution in [2.45, 2.75) is 31.2 Å². The first-order valence-corrected chi connectivity index (χ1v) is 11.6. The summed E-state index contributed by atoms with van der Waals surface area (Å²) in [5.74, 6) is -3.40. The van der Waals surface area contributed by atoms with Crippen LogP contribution in [0.3, 0.4) is 0 Å². The SMILES string of the molecule is NC(N)=NCCC[C@@H](C=O)NC(=O)Cn1cccc(NS(=O)(=O)Cc2cc(F)ccc2F)c1=O. The molecule has 0 spiro atoms. The number of sulfonamides is 1. The maximum atomic E-state index is 13.8. The molecular weight excluding hydrogens is 474 g/mol. The van der Waals surface area contributed by atoms with E-state index in [0.29, 0.717) is 12.7 Å². The maximum absolute atomic E-state index is 13.8. The predicted octanol–water partition coefficient (Wildman–Crippen LogP) is -0.194. The van der Waals surface area contributed by atoms with Crippen LogP contribution in [-0.4, -0.2) is 43.7 Å². The number of nitrogens with zero attached hydrogens (tertiary/aromatic N) is 2. The van der Waals surface area contributed by atoms with Crippen LogP contribution < -0.4 is 27.1 Å². The zero-order chi connectivity index (χ0) is 25.3. The Balaban J connectivity index is 2.05. The molecule has 34 heavy (non-hydrogen) atoms. The molecule has 1 heterocycles.